The van der Waals surface area contributed by atoms with E-state index in [1.807, 2.05) is 11.5 Å². The van der Waals surface area contributed by atoms with Crippen molar-refractivity contribution in [2.75, 3.05) is 0 Å². The molecule has 0 bridgehead atoms. The van der Waals surface area contributed by atoms with Crippen molar-refractivity contribution < 1.29 is 8.78 Å². The minimum absolute atomic E-state index is 0.0741. The summed E-state index contributed by atoms with van der Waals surface area (Å²) < 4.78 is 29.8. The molecule has 114 valence electrons. The standard InChI is InChI=1S/C16H19ClF2N2/c1-9(17)16-20-13-8-7-12(18)14(19)15(13)21(16)10(2)11-5-3-4-6-11/h7-11H,3-6H2,1-2H3. The van der Waals surface area contributed by atoms with Crippen LogP contribution in [-0.4, -0.2) is 9.55 Å². The molecule has 21 heavy (non-hydrogen) atoms. The maximum absolute atomic E-state index is 14.3. The second kappa shape index (κ2) is 5.56. The molecule has 0 radical (unpaired) electrons. The quantitative estimate of drug-likeness (QED) is 0.697. The number of fused-ring (bicyclic) bond motifs is 1. The van der Waals surface area contributed by atoms with Crippen LogP contribution < -0.4 is 0 Å². The average molecular weight is 313 g/mol. The van der Waals surface area contributed by atoms with E-state index < -0.39 is 11.6 Å². The number of imidazole rings is 1. The van der Waals surface area contributed by atoms with Crippen molar-refractivity contribution in [3.05, 3.63) is 29.6 Å². The Hall–Kier alpha value is -1.16. The number of hydrogen-bond donors (Lipinski definition) is 0. The fraction of sp³-hybridized carbons (Fsp3) is 0.562. The second-order valence-electron chi connectivity index (χ2n) is 5.97. The lowest BCUT2D eigenvalue weighted by Gasteiger charge is -2.24. The topological polar surface area (TPSA) is 17.8 Å². The first-order chi connectivity index (χ1) is 10.0. The lowest BCUT2D eigenvalue weighted by atomic mass is 9.99. The third-order valence-corrected chi connectivity index (χ3v) is 4.81. The first-order valence-corrected chi connectivity index (χ1v) is 7.94. The third-order valence-electron chi connectivity index (χ3n) is 4.62. The molecule has 0 spiro atoms. The van der Waals surface area contributed by atoms with E-state index >= 15 is 0 Å². The van der Waals surface area contributed by atoms with Gasteiger partial charge < -0.3 is 4.57 Å². The zero-order chi connectivity index (χ0) is 15.1. The number of hydrogen-bond acceptors (Lipinski definition) is 1. The SMILES string of the molecule is CC(Cl)c1nc2ccc(F)c(F)c2n1C(C)C1CCCC1. The zero-order valence-corrected chi connectivity index (χ0v) is 13.0. The molecule has 5 heteroatoms. The summed E-state index contributed by atoms with van der Waals surface area (Å²) in [5, 5.41) is -0.344. The highest BCUT2D eigenvalue weighted by atomic mass is 35.5. The fourth-order valence-corrected chi connectivity index (χ4v) is 3.64. The zero-order valence-electron chi connectivity index (χ0n) is 12.2. The highest BCUT2D eigenvalue weighted by Gasteiger charge is 2.29. The van der Waals surface area contributed by atoms with Crippen molar-refractivity contribution in [1.29, 1.82) is 0 Å². The van der Waals surface area contributed by atoms with Gasteiger partial charge in [0.15, 0.2) is 11.6 Å². The Kier molecular flexibility index (Phi) is 3.91. The monoisotopic (exact) mass is 312 g/mol. The third kappa shape index (κ3) is 2.44. The Morgan fingerprint density at radius 3 is 2.52 bits per heavy atom. The van der Waals surface area contributed by atoms with E-state index in [0.717, 1.165) is 18.9 Å². The molecule has 1 fully saturated rings. The molecule has 0 aliphatic heterocycles. The molecule has 1 aromatic carbocycles. The molecule has 0 saturated heterocycles. The molecule has 2 atom stereocenters. The lowest BCUT2D eigenvalue weighted by molar-refractivity contribution is 0.356. The first-order valence-electron chi connectivity index (χ1n) is 7.50. The van der Waals surface area contributed by atoms with Crippen molar-refractivity contribution in [1.82, 2.24) is 9.55 Å². The second-order valence-corrected chi connectivity index (χ2v) is 6.62. The van der Waals surface area contributed by atoms with Crippen LogP contribution in [0.4, 0.5) is 8.78 Å². The summed E-state index contributed by atoms with van der Waals surface area (Å²) >= 11 is 6.22. The van der Waals surface area contributed by atoms with Crippen LogP contribution in [0.1, 0.15) is 56.8 Å². The molecule has 1 aliphatic rings. The van der Waals surface area contributed by atoms with Gasteiger partial charge in [0.25, 0.3) is 0 Å². The average Bonchev–Trinajstić information content (AvgIpc) is 3.09. The van der Waals surface area contributed by atoms with Crippen molar-refractivity contribution in [3.8, 4) is 0 Å². The molecule has 0 N–H and O–H groups in total. The van der Waals surface area contributed by atoms with E-state index in [0.29, 0.717) is 17.3 Å². The van der Waals surface area contributed by atoms with E-state index in [1.54, 1.807) is 0 Å². The highest BCUT2D eigenvalue weighted by molar-refractivity contribution is 6.20. The van der Waals surface area contributed by atoms with E-state index in [-0.39, 0.29) is 16.9 Å². The molecule has 1 saturated carbocycles. The maximum atomic E-state index is 14.3. The summed E-state index contributed by atoms with van der Waals surface area (Å²) in [5.41, 5.74) is 0.721. The Morgan fingerprint density at radius 1 is 1.24 bits per heavy atom. The number of aromatic nitrogens is 2. The van der Waals surface area contributed by atoms with Crippen LogP contribution in [0, 0.1) is 17.6 Å². The van der Waals surface area contributed by atoms with Gasteiger partial charge >= 0.3 is 0 Å². The first kappa shape index (κ1) is 14.8. The predicted molar refractivity (Wildman–Crippen MR) is 80.6 cm³/mol. The number of halogens is 3. The molecular formula is C16H19ClF2N2. The van der Waals surface area contributed by atoms with Gasteiger partial charge in [-0.1, -0.05) is 12.8 Å². The van der Waals surface area contributed by atoms with Gasteiger partial charge in [-0.25, -0.2) is 13.8 Å². The largest absolute Gasteiger partial charge is 0.321 e. The molecule has 1 heterocycles. The van der Waals surface area contributed by atoms with Crippen LogP contribution >= 0.6 is 11.6 Å². The van der Waals surface area contributed by atoms with Crippen LogP contribution in [-0.2, 0) is 0 Å². The summed E-state index contributed by atoms with van der Waals surface area (Å²) in [4.78, 5) is 4.43. The smallest absolute Gasteiger partial charge is 0.184 e. The molecule has 2 aromatic rings. The van der Waals surface area contributed by atoms with Crippen molar-refractivity contribution >= 4 is 22.6 Å². The molecule has 1 aliphatic carbocycles. The van der Waals surface area contributed by atoms with Crippen LogP contribution in [0.3, 0.4) is 0 Å². The van der Waals surface area contributed by atoms with Crippen molar-refractivity contribution in [2.24, 2.45) is 5.92 Å². The molecule has 0 amide bonds. The van der Waals surface area contributed by atoms with E-state index in [1.165, 1.54) is 18.9 Å². The van der Waals surface area contributed by atoms with Crippen molar-refractivity contribution in [2.45, 2.75) is 50.9 Å². The number of rotatable bonds is 3. The van der Waals surface area contributed by atoms with Gasteiger partial charge in [-0.05, 0) is 44.7 Å². The molecular weight excluding hydrogens is 294 g/mol. The molecule has 2 unspecified atom stereocenters. The van der Waals surface area contributed by atoms with Crippen LogP contribution in [0.2, 0.25) is 0 Å². The van der Waals surface area contributed by atoms with Crippen LogP contribution in [0.25, 0.3) is 11.0 Å². The van der Waals surface area contributed by atoms with E-state index in [2.05, 4.69) is 11.9 Å². The molecule has 1 aromatic heterocycles. The maximum Gasteiger partial charge on any atom is 0.184 e. The summed E-state index contributed by atoms with van der Waals surface area (Å²) in [6, 6.07) is 2.72. The van der Waals surface area contributed by atoms with E-state index in [9.17, 15) is 8.78 Å². The fourth-order valence-electron chi connectivity index (χ4n) is 3.48. The Labute approximate surface area is 128 Å². The van der Waals surface area contributed by atoms with Crippen molar-refractivity contribution in [3.63, 3.8) is 0 Å². The summed E-state index contributed by atoms with van der Waals surface area (Å²) in [6.45, 7) is 3.87. The molecule has 3 rings (SSSR count). The van der Waals surface area contributed by atoms with Gasteiger partial charge in [-0.3, -0.25) is 0 Å². The normalized spacial score (nSPS) is 19.3. The molecule has 2 nitrogen and oxygen atoms in total. The van der Waals surface area contributed by atoms with Gasteiger partial charge in [0, 0.05) is 6.04 Å². The van der Waals surface area contributed by atoms with Gasteiger partial charge in [-0.2, -0.15) is 0 Å². The minimum atomic E-state index is -0.837. The number of benzene rings is 1. The Balaban J connectivity index is 2.21. The van der Waals surface area contributed by atoms with E-state index in [4.69, 9.17) is 11.6 Å². The highest BCUT2D eigenvalue weighted by Crippen LogP contribution is 2.39. The van der Waals surface area contributed by atoms with Crippen LogP contribution in [0.15, 0.2) is 12.1 Å². The van der Waals surface area contributed by atoms with Gasteiger partial charge in [-0.15, -0.1) is 11.6 Å². The lowest BCUT2D eigenvalue weighted by Crippen LogP contribution is -2.17. The van der Waals surface area contributed by atoms with Crippen LogP contribution in [0.5, 0.6) is 0 Å². The Morgan fingerprint density at radius 2 is 1.90 bits per heavy atom. The summed E-state index contributed by atoms with van der Waals surface area (Å²) in [6.07, 6.45) is 4.64. The Bertz CT molecular complexity index is 660. The predicted octanol–water partition coefficient (Wildman–Crippen LogP) is 5.37. The number of alkyl halides is 1. The summed E-state index contributed by atoms with van der Waals surface area (Å²) in [5.74, 6) is -0.570. The van der Waals surface area contributed by atoms with Gasteiger partial charge in [0.2, 0.25) is 0 Å². The van der Waals surface area contributed by atoms with Gasteiger partial charge in [0.05, 0.1) is 10.9 Å². The van der Waals surface area contributed by atoms with Gasteiger partial charge in [0.1, 0.15) is 11.3 Å². The number of nitrogens with zero attached hydrogens (tertiary/aromatic N) is 2. The summed E-state index contributed by atoms with van der Waals surface area (Å²) in [7, 11) is 0. The minimum Gasteiger partial charge on any atom is -0.321 e.